The molecule has 1 aliphatic carbocycles. The van der Waals surface area contributed by atoms with Crippen LogP contribution in [0.25, 0.3) is 0 Å². The van der Waals surface area contributed by atoms with Crippen LogP contribution < -0.4 is 0 Å². The molecule has 1 saturated carbocycles. The quantitative estimate of drug-likeness (QED) is 0.675. The molecule has 0 spiro atoms. The van der Waals surface area contributed by atoms with Crippen molar-refractivity contribution in [2.75, 3.05) is 13.1 Å². The lowest BCUT2D eigenvalue weighted by Crippen LogP contribution is -2.40. The molecule has 2 aliphatic rings. The smallest absolute Gasteiger partial charge is 0.243 e. The molecule has 0 bridgehead atoms. The third-order valence-electron chi connectivity index (χ3n) is 5.84. The molecule has 1 saturated heterocycles. The number of hydrogen-bond acceptors (Lipinski definition) is 4. The van der Waals surface area contributed by atoms with Crippen molar-refractivity contribution in [3.63, 3.8) is 0 Å². The van der Waals surface area contributed by atoms with Crippen molar-refractivity contribution in [3.8, 4) is 0 Å². The fourth-order valence-electron chi connectivity index (χ4n) is 3.97. The van der Waals surface area contributed by atoms with Gasteiger partial charge in [0, 0.05) is 31.7 Å². The van der Waals surface area contributed by atoms with Crippen molar-refractivity contribution < 1.29 is 17.6 Å². The summed E-state index contributed by atoms with van der Waals surface area (Å²) in [5, 5.41) is 0. The van der Waals surface area contributed by atoms with Gasteiger partial charge in [0.05, 0.1) is 17.1 Å². The molecule has 1 aliphatic heterocycles. The molecule has 1 amide bonds. The molecule has 160 valence electrons. The van der Waals surface area contributed by atoms with E-state index in [9.17, 15) is 17.6 Å². The number of hydrogen-bond donors (Lipinski definition) is 0. The van der Waals surface area contributed by atoms with E-state index < -0.39 is 15.8 Å². The van der Waals surface area contributed by atoms with E-state index in [1.807, 2.05) is 23.1 Å². The largest absolute Gasteiger partial charge is 0.334 e. The summed E-state index contributed by atoms with van der Waals surface area (Å²) < 4.78 is 40.3. The maximum absolute atomic E-state index is 13.4. The van der Waals surface area contributed by atoms with Gasteiger partial charge in [-0.15, -0.1) is 0 Å². The maximum atomic E-state index is 13.4. The fraction of sp³-hybridized carbons (Fsp3) is 0.455. The highest BCUT2D eigenvalue weighted by Crippen LogP contribution is 2.31. The van der Waals surface area contributed by atoms with E-state index in [2.05, 4.69) is 4.98 Å². The Hall–Kier alpha value is -2.32. The van der Waals surface area contributed by atoms with E-state index in [0.29, 0.717) is 44.9 Å². The first kappa shape index (κ1) is 20.9. The topological polar surface area (TPSA) is 70.6 Å². The number of amides is 1. The molecule has 8 heteroatoms. The summed E-state index contributed by atoms with van der Waals surface area (Å²) in [5.41, 5.74) is 0.883. The summed E-state index contributed by atoms with van der Waals surface area (Å²) >= 11 is 0. The molecule has 1 aromatic heterocycles. The SMILES string of the molecule is O=C(CC1CCN(S(=O)(=O)c2cccc(F)c2)CC1)N(Cc1ccccn1)C1CC1. The zero-order chi connectivity index (χ0) is 21.1. The molecular weight excluding hydrogens is 405 g/mol. The molecule has 0 radical (unpaired) electrons. The molecule has 4 rings (SSSR count). The maximum Gasteiger partial charge on any atom is 0.243 e. The first-order chi connectivity index (χ1) is 14.4. The molecule has 1 aromatic carbocycles. The molecule has 6 nitrogen and oxygen atoms in total. The summed E-state index contributed by atoms with van der Waals surface area (Å²) in [6.07, 6.45) is 5.48. The second kappa shape index (κ2) is 8.81. The highest BCUT2D eigenvalue weighted by Gasteiger charge is 2.35. The van der Waals surface area contributed by atoms with Gasteiger partial charge in [0.2, 0.25) is 15.9 Å². The van der Waals surface area contributed by atoms with Gasteiger partial charge < -0.3 is 4.90 Å². The van der Waals surface area contributed by atoms with Crippen LogP contribution in [-0.2, 0) is 21.4 Å². The average Bonchev–Trinajstić information content (AvgIpc) is 3.58. The first-order valence-electron chi connectivity index (χ1n) is 10.4. The minimum atomic E-state index is -3.71. The average molecular weight is 432 g/mol. The van der Waals surface area contributed by atoms with Crippen LogP contribution in [0.1, 0.15) is 37.8 Å². The van der Waals surface area contributed by atoms with Crippen LogP contribution in [0.4, 0.5) is 4.39 Å². The summed E-state index contributed by atoms with van der Waals surface area (Å²) in [5.74, 6) is -0.291. The zero-order valence-corrected chi connectivity index (χ0v) is 17.6. The number of halogens is 1. The summed E-state index contributed by atoms with van der Waals surface area (Å²) in [4.78, 5) is 19.2. The van der Waals surface area contributed by atoms with Crippen molar-refractivity contribution in [3.05, 3.63) is 60.2 Å². The van der Waals surface area contributed by atoms with E-state index in [0.717, 1.165) is 24.6 Å². The Morgan fingerprint density at radius 3 is 2.50 bits per heavy atom. The number of rotatable bonds is 7. The van der Waals surface area contributed by atoms with Gasteiger partial charge in [0.25, 0.3) is 0 Å². The van der Waals surface area contributed by atoms with Crippen LogP contribution in [0, 0.1) is 11.7 Å². The third kappa shape index (κ3) is 4.87. The predicted molar refractivity (Wildman–Crippen MR) is 110 cm³/mol. The predicted octanol–water partition coefficient (Wildman–Crippen LogP) is 3.20. The summed E-state index contributed by atoms with van der Waals surface area (Å²) in [7, 11) is -3.71. The van der Waals surface area contributed by atoms with Gasteiger partial charge in [-0.05, 0) is 61.9 Å². The van der Waals surface area contributed by atoms with Gasteiger partial charge in [-0.25, -0.2) is 12.8 Å². The second-order valence-corrected chi connectivity index (χ2v) is 10.0. The Labute approximate surface area is 176 Å². The van der Waals surface area contributed by atoms with E-state index in [1.165, 1.54) is 22.5 Å². The van der Waals surface area contributed by atoms with Crippen molar-refractivity contribution in [1.29, 1.82) is 0 Å². The van der Waals surface area contributed by atoms with Crippen LogP contribution in [0.2, 0.25) is 0 Å². The van der Waals surface area contributed by atoms with E-state index in [-0.39, 0.29) is 16.7 Å². The van der Waals surface area contributed by atoms with E-state index >= 15 is 0 Å². The second-order valence-electron chi connectivity index (χ2n) is 8.08. The van der Waals surface area contributed by atoms with Crippen LogP contribution >= 0.6 is 0 Å². The Balaban J connectivity index is 1.34. The van der Waals surface area contributed by atoms with Crippen LogP contribution in [0.15, 0.2) is 53.6 Å². The molecule has 2 aromatic rings. The van der Waals surface area contributed by atoms with Crippen molar-refractivity contribution in [1.82, 2.24) is 14.2 Å². The van der Waals surface area contributed by atoms with Crippen molar-refractivity contribution in [2.24, 2.45) is 5.92 Å². The highest BCUT2D eigenvalue weighted by molar-refractivity contribution is 7.89. The lowest BCUT2D eigenvalue weighted by Gasteiger charge is -2.32. The van der Waals surface area contributed by atoms with Gasteiger partial charge in [0.1, 0.15) is 5.82 Å². The first-order valence-corrected chi connectivity index (χ1v) is 11.8. The van der Waals surface area contributed by atoms with Crippen LogP contribution in [0.3, 0.4) is 0 Å². The highest BCUT2D eigenvalue weighted by atomic mass is 32.2. The number of piperidine rings is 1. The Morgan fingerprint density at radius 1 is 1.10 bits per heavy atom. The number of carbonyl (C=O) groups excluding carboxylic acids is 1. The van der Waals surface area contributed by atoms with Gasteiger partial charge >= 0.3 is 0 Å². The van der Waals surface area contributed by atoms with Crippen molar-refractivity contribution >= 4 is 15.9 Å². The number of nitrogens with zero attached hydrogens (tertiary/aromatic N) is 3. The Bertz CT molecular complexity index is 988. The Kier molecular flexibility index (Phi) is 6.15. The minimum absolute atomic E-state index is 0.0210. The normalized spacial score (nSPS) is 18.3. The number of carbonyl (C=O) groups is 1. The zero-order valence-electron chi connectivity index (χ0n) is 16.8. The summed E-state index contributed by atoms with van der Waals surface area (Å²) in [6, 6.07) is 11.1. The van der Waals surface area contributed by atoms with Gasteiger partial charge in [-0.3, -0.25) is 9.78 Å². The lowest BCUT2D eigenvalue weighted by atomic mass is 9.94. The van der Waals surface area contributed by atoms with Crippen LogP contribution in [-0.4, -0.2) is 47.6 Å². The number of benzene rings is 1. The molecule has 30 heavy (non-hydrogen) atoms. The number of aromatic nitrogens is 1. The molecule has 0 atom stereocenters. The summed E-state index contributed by atoms with van der Waals surface area (Å²) in [6.45, 7) is 1.22. The molecule has 0 N–H and O–H groups in total. The van der Waals surface area contributed by atoms with Gasteiger partial charge in [-0.1, -0.05) is 12.1 Å². The monoisotopic (exact) mass is 431 g/mol. The lowest BCUT2D eigenvalue weighted by molar-refractivity contribution is -0.133. The van der Waals surface area contributed by atoms with E-state index in [1.54, 1.807) is 6.20 Å². The van der Waals surface area contributed by atoms with Gasteiger partial charge in [0.15, 0.2) is 0 Å². The van der Waals surface area contributed by atoms with Crippen LogP contribution in [0.5, 0.6) is 0 Å². The molecular formula is C22H26FN3O3S. The standard InChI is InChI=1S/C22H26FN3O3S/c23-18-4-3-6-21(15-18)30(28,29)25-12-9-17(10-13-25)14-22(27)26(20-7-8-20)16-19-5-1-2-11-24-19/h1-6,11,15,17,20H,7-10,12-14,16H2. The molecule has 2 heterocycles. The van der Waals surface area contributed by atoms with Gasteiger partial charge in [-0.2, -0.15) is 4.31 Å². The third-order valence-corrected chi connectivity index (χ3v) is 7.73. The Morgan fingerprint density at radius 2 is 1.87 bits per heavy atom. The fourth-order valence-corrected chi connectivity index (χ4v) is 5.47. The molecule has 2 fully saturated rings. The minimum Gasteiger partial charge on any atom is -0.334 e. The number of pyridine rings is 1. The van der Waals surface area contributed by atoms with Crippen molar-refractivity contribution in [2.45, 2.75) is 49.6 Å². The van der Waals surface area contributed by atoms with E-state index in [4.69, 9.17) is 0 Å². The number of sulfonamides is 1. The molecule has 0 unspecified atom stereocenters.